The second-order valence-corrected chi connectivity index (χ2v) is 4.84. The van der Waals surface area contributed by atoms with Crippen LogP contribution >= 0.6 is 0 Å². The molecule has 2 aromatic heterocycles. The van der Waals surface area contributed by atoms with Crippen LogP contribution in [-0.4, -0.2) is 51.7 Å². The third-order valence-corrected chi connectivity index (χ3v) is 3.63. The number of aromatic nitrogens is 4. The van der Waals surface area contributed by atoms with Crippen LogP contribution in [0, 0.1) is 0 Å². The van der Waals surface area contributed by atoms with Gasteiger partial charge < -0.3 is 14.6 Å². The first-order chi connectivity index (χ1) is 10.7. The van der Waals surface area contributed by atoms with Gasteiger partial charge in [0.15, 0.2) is 5.69 Å². The number of hydrogen-bond donors (Lipinski definition) is 1. The van der Waals surface area contributed by atoms with Crippen molar-refractivity contribution in [3.05, 3.63) is 23.0 Å². The number of aliphatic hydroxyl groups is 1. The molecule has 2 aromatic rings. The number of aryl methyl sites for hydroxylation is 1. The Bertz CT molecular complexity index is 726. The number of methoxy groups -OCH3 is 2. The average molecular weight is 304 g/mol. The maximum atomic E-state index is 11.9. The molecule has 0 atom stereocenters. The molecule has 8 nitrogen and oxygen atoms in total. The number of rotatable bonds is 4. The van der Waals surface area contributed by atoms with Gasteiger partial charge >= 0.3 is 12.0 Å². The molecule has 1 aliphatic carbocycles. The first-order valence-corrected chi connectivity index (χ1v) is 6.88. The largest absolute Gasteiger partial charge is 0.467 e. The molecule has 2 heterocycles. The lowest BCUT2D eigenvalue weighted by molar-refractivity contribution is 0.0591. The molecule has 3 rings (SSSR count). The highest BCUT2D eigenvalue weighted by Crippen LogP contribution is 2.34. The van der Waals surface area contributed by atoms with Gasteiger partial charge in [0.2, 0.25) is 0 Å². The second kappa shape index (κ2) is 5.72. The highest BCUT2D eigenvalue weighted by atomic mass is 16.5. The molecule has 0 fully saturated rings. The van der Waals surface area contributed by atoms with Crippen LogP contribution in [0.25, 0.3) is 11.4 Å². The monoisotopic (exact) mass is 304 g/mol. The Labute approximate surface area is 126 Å². The zero-order valence-corrected chi connectivity index (χ0v) is 12.4. The van der Waals surface area contributed by atoms with E-state index in [1.165, 1.54) is 14.2 Å². The van der Waals surface area contributed by atoms with Crippen molar-refractivity contribution in [2.45, 2.75) is 19.4 Å². The minimum atomic E-state index is -0.489. The van der Waals surface area contributed by atoms with E-state index in [0.29, 0.717) is 18.5 Å². The first-order valence-electron chi connectivity index (χ1n) is 6.88. The van der Waals surface area contributed by atoms with Crippen molar-refractivity contribution < 1.29 is 19.4 Å². The fourth-order valence-electron chi connectivity index (χ4n) is 2.65. The van der Waals surface area contributed by atoms with Crippen LogP contribution in [0.15, 0.2) is 6.20 Å². The Balaban J connectivity index is 2.21. The van der Waals surface area contributed by atoms with E-state index in [1.54, 1.807) is 10.9 Å². The van der Waals surface area contributed by atoms with Crippen molar-refractivity contribution in [1.29, 1.82) is 0 Å². The van der Waals surface area contributed by atoms with Gasteiger partial charge in [-0.05, 0) is 18.4 Å². The lowest BCUT2D eigenvalue weighted by atomic mass is 9.93. The average Bonchev–Trinajstić information content (AvgIpc) is 2.93. The maximum absolute atomic E-state index is 11.9. The third kappa shape index (κ3) is 2.21. The van der Waals surface area contributed by atoms with Gasteiger partial charge in [-0.1, -0.05) is 0 Å². The van der Waals surface area contributed by atoms with Crippen LogP contribution < -0.4 is 4.74 Å². The Morgan fingerprint density at radius 1 is 1.41 bits per heavy atom. The second-order valence-electron chi connectivity index (χ2n) is 4.84. The third-order valence-electron chi connectivity index (χ3n) is 3.63. The summed E-state index contributed by atoms with van der Waals surface area (Å²) in [5.41, 5.74) is 3.42. The Hall–Kier alpha value is -2.48. The van der Waals surface area contributed by atoms with Gasteiger partial charge in [0.05, 0.1) is 38.8 Å². The number of carbonyl (C=O) groups is 1. The molecule has 0 radical (unpaired) electrons. The summed E-state index contributed by atoms with van der Waals surface area (Å²) in [5, 5.41) is 13.5. The fraction of sp³-hybridized carbons (Fsp3) is 0.429. The predicted octanol–water partition coefficient (Wildman–Crippen LogP) is 0.226. The Morgan fingerprint density at radius 2 is 2.23 bits per heavy atom. The molecule has 8 heteroatoms. The van der Waals surface area contributed by atoms with E-state index in [-0.39, 0.29) is 24.9 Å². The van der Waals surface area contributed by atoms with Gasteiger partial charge in [-0.2, -0.15) is 10.1 Å². The summed E-state index contributed by atoms with van der Waals surface area (Å²) in [5.74, 6) is -0.489. The summed E-state index contributed by atoms with van der Waals surface area (Å²) in [4.78, 5) is 20.4. The molecular formula is C14H16N4O4. The number of ether oxygens (including phenoxy) is 2. The van der Waals surface area contributed by atoms with Gasteiger partial charge in [-0.3, -0.25) is 4.68 Å². The van der Waals surface area contributed by atoms with Crippen molar-refractivity contribution in [2.24, 2.45) is 0 Å². The molecular weight excluding hydrogens is 288 g/mol. The molecule has 0 unspecified atom stereocenters. The minimum absolute atomic E-state index is 0.0910. The van der Waals surface area contributed by atoms with E-state index in [9.17, 15) is 9.90 Å². The van der Waals surface area contributed by atoms with Gasteiger partial charge in [0, 0.05) is 11.8 Å². The normalized spacial score (nSPS) is 12.5. The van der Waals surface area contributed by atoms with Crippen molar-refractivity contribution in [1.82, 2.24) is 19.7 Å². The summed E-state index contributed by atoms with van der Waals surface area (Å²) in [7, 11) is 2.82. The van der Waals surface area contributed by atoms with E-state index in [2.05, 4.69) is 15.1 Å². The first kappa shape index (κ1) is 14.5. The number of carbonyl (C=O) groups excluding carboxylic acids is 1. The summed E-state index contributed by atoms with van der Waals surface area (Å²) in [6, 6.07) is 0.253. The van der Waals surface area contributed by atoms with Crippen LogP contribution in [-0.2, 0) is 24.1 Å². The molecule has 0 aliphatic heterocycles. The zero-order chi connectivity index (χ0) is 15.7. The summed E-state index contributed by atoms with van der Waals surface area (Å²) in [6.45, 7) is 0.178. The molecule has 0 amide bonds. The molecule has 0 spiro atoms. The number of fused-ring (bicyclic) bond motifs is 3. The lowest BCUT2D eigenvalue weighted by Crippen LogP contribution is -2.13. The van der Waals surface area contributed by atoms with E-state index in [1.807, 2.05) is 0 Å². The van der Waals surface area contributed by atoms with Crippen LogP contribution in [0.5, 0.6) is 6.01 Å². The van der Waals surface area contributed by atoms with Crippen molar-refractivity contribution >= 4 is 5.97 Å². The van der Waals surface area contributed by atoms with Crippen LogP contribution in [0.3, 0.4) is 0 Å². The summed E-state index contributed by atoms with van der Waals surface area (Å²) < 4.78 is 11.5. The smallest absolute Gasteiger partial charge is 0.358 e. The molecule has 0 aromatic carbocycles. The van der Waals surface area contributed by atoms with Gasteiger partial charge in [0.25, 0.3) is 0 Å². The van der Waals surface area contributed by atoms with Crippen molar-refractivity contribution in [3.8, 4) is 17.4 Å². The minimum Gasteiger partial charge on any atom is -0.467 e. The Morgan fingerprint density at radius 3 is 2.91 bits per heavy atom. The highest BCUT2D eigenvalue weighted by Gasteiger charge is 2.30. The zero-order valence-electron chi connectivity index (χ0n) is 12.4. The number of esters is 1. The van der Waals surface area contributed by atoms with Crippen molar-refractivity contribution in [3.63, 3.8) is 0 Å². The molecule has 0 saturated carbocycles. The predicted molar refractivity (Wildman–Crippen MR) is 75.6 cm³/mol. The fourth-order valence-corrected chi connectivity index (χ4v) is 2.65. The SMILES string of the molecule is COC(=O)c1nn(CCO)c2c1CCc1cnc(OC)nc1-2. The van der Waals surface area contributed by atoms with Gasteiger partial charge in [0.1, 0.15) is 0 Å². The van der Waals surface area contributed by atoms with Gasteiger partial charge in [-0.25, -0.2) is 9.78 Å². The summed E-state index contributed by atoms with van der Waals surface area (Å²) >= 11 is 0. The van der Waals surface area contributed by atoms with E-state index in [4.69, 9.17) is 9.47 Å². The lowest BCUT2D eigenvalue weighted by Gasteiger charge is -2.17. The van der Waals surface area contributed by atoms with Crippen LogP contribution in [0.1, 0.15) is 21.6 Å². The number of hydrogen-bond acceptors (Lipinski definition) is 7. The molecule has 1 aliphatic rings. The van der Waals surface area contributed by atoms with Crippen LogP contribution in [0.2, 0.25) is 0 Å². The van der Waals surface area contributed by atoms with E-state index in [0.717, 1.165) is 16.8 Å². The van der Waals surface area contributed by atoms with E-state index < -0.39 is 5.97 Å². The van der Waals surface area contributed by atoms with Gasteiger partial charge in [-0.15, -0.1) is 0 Å². The quantitative estimate of drug-likeness (QED) is 0.807. The Kier molecular flexibility index (Phi) is 3.76. The van der Waals surface area contributed by atoms with E-state index >= 15 is 0 Å². The van der Waals surface area contributed by atoms with Crippen LogP contribution in [0.4, 0.5) is 0 Å². The molecule has 0 bridgehead atoms. The highest BCUT2D eigenvalue weighted by molar-refractivity contribution is 5.91. The molecule has 116 valence electrons. The molecule has 22 heavy (non-hydrogen) atoms. The summed E-state index contributed by atoms with van der Waals surface area (Å²) in [6.07, 6.45) is 3.08. The molecule has 1 N–H and O–H groups in total. The maximum Gasteiger partial charge on any atom is 0.358 e. The number of aliphatic hydroxyl groups excluding tert-OH is 1. The van der Waals surface area contributed by atoms with Crippen molar-refractivity contribution in [2.75, 3.05) is 20.8 Å². The standard InChI is InChI=1S/C14H16N4O4/c1-21-13(20)11-9-4-3-8-7-15-14(22-2)16-10(8)12(9)18(17-11)5-6-19/h7,19H,3-6H2,1-2H3. The number of nitrogens with zero attached hydrogens (tertiary/aromatic N) is 4. The molecule has 0 saturated heterocycles. The topological polar surface area (TPSA) is 99.4 Å².